The van der Waals surface area contributed by atoms with Gasteiger partial charge in [0.05, 0.1) is 42.7 Å². The van der Waals surface area contributed by atoms with Crippen molar-refractivity contribution in [1.82, 2.24) is 0 Å². The lowest BCUT2D eigenvalue weighted by atomic mass is 9.89. The number of nitrogens with two attached hydrogens (primary N) is 2. The molecule has 0 fully saturated rings. The molecule has 0 saturated carbocycles. The van der Waals surface area contributed by atoms with E-state index in [2.05, 4.69) is 0 Å². The summed E-state index contributed by atoms with van der Waals surface area (Å²) in [5.41, 5.74) is 16.1. The van der Waals surface area contributed by atoms with E-state index in [4.69, 9.17) is 45.3 Å². The summed E-state index contributed by atoms with van der Waals surface area (Å²) in [7, 11) is 9.13. The molecule has 0 unspecified atom stereocenters. The van der Waals surface area contributed by atoms with Gasteiger partial charge in [0.15, 0.2) is 0 Å². The number of anilines is 2. The van der Waals surface area contributed by atoms with Crippen molar-refractivity contribution < 1.29 is 28.4 Å². The third kappa shape index (κ3) is 4.32. The Morgan fingerprint density at radius 1 is 0.588 bits per heavy atom. The largest absolute Gasteiger partial charge is 0.494 e. The fraction of sp³-hybridized carbons (Fsp3) is 0.240. The van der Waals surface area contributed by atoms with Gasteiger partial charge in [-0.25, -0.2) is 0 Å². The van der Waals surface area contributed by atoms with E-state index in [-0.39, 0.29) is 5.71 Å². The van der Waals surface area contributed by atoms with Gasteiger partial charge in [-0.3, -0.25) is 5.41 Å². The number of allylic oxidation sites excluding steroid dienone is 3. The van der Waals surface area contributed by atoms with Gasteiger partial charge in [-0.1, -0.05) is 0 Å². The standard InChI is InChI=1S/C25H29N3O6/c1-29-16-7-13(8-17(30-2)23(16)26)22(14-9-18(31-3)24(27)19(10-14)32-4)15-11-20(33-5)25(28)21(12-15)34-6/h7-12,26H,27-28H2,1-6H3. The first-order valence-corrected chi connectivity index (χ1v) is 10.2. The van der Waals surface area contributed by atoms with Crippen molar-refractivity contribution in [2.45, 2.75) is 0 Å². The van der Waals surface area contributed by atoms with Crippen LogP contribution in [0.5, 0.6) is 23.0 Å². The van der Waals surface area contributed by atoms with Gasteiger partial charge in [0.2, 0.25) is 0 Å². The van der Waals surface area contributed by atoms with E-state index < -0.39 is 0 Å². The van der Waals surface area contributed by atoms with E-state index in [0.717, 1.165) is 16.7 Å². The highest BCUT2D eigenvalue weighted by Crippen LogP contribution is 2.43. The summed E-state index contributed by atoms with van der Waals surface area (Å²) in [5, 5.41) is 8.33. The van der Waals surface area contributed by atoms with Crippen LogP contribution < -0.4 is 30.4 Å². The molecule has 0 radical (unpaired) electrons. The minimum Gasteiger partial charge on any atom is -0.494 e. The SMILES string of the molecule is COC1=CC(=C(c2cc(OC)c(N)c(OC)c2)c2cc(OC)c(N)c(OC)c2)C=C(OC)C1=N. The van der Waals surface area contributed by atoms with Gasteiger partial charge in [0.25, 0.3) is 0 Å². The van der Waals surface area contributed by atoms with Crippen LogP contribution in [0, 0.1) is 5.41 Å². The molecule has 2 aromatic rings. The molecule has 9 heteroatoms. The first-order chi connectivity index (χ1) is 16.3. The monoisotopic (exact) mass is 467 g/mol. The van der Waals surface area contributed by atoms with Crippen molar-refractivity contribution in [3.05, 3.63) is 64.6 Å². The Labute approximate surface area is 198 Å². The first kappa shape index (κ1) is 24.4. The number of nitrogens with one attached hydrogen (secondary N) is 1. The molecule has 0 atom stereocenters. The zero-order valence-electron chi connectivity index (χ0n) is 20.1. The molecule has 0 saturated heterocycles. The molecule has 34 heavy (non-hydrogen) atoms. The fourth-order valence-corrected chi connectivity index (χ4v) is 3.72. The molecule has 0 bridgehead atoms. The number of ether oxygens (including phenoxy) is 6. The maximum atomic E-state index is 8.33. The van der Waals surface area contributed by atoms with Gasteiger partial charge in [-0.05, 0) is 58.7 Å². The number of methoxy groups -OCH3 is 6. The number of hydrogen-bond donors (Lipinski definition) is 3. The molecule has 180 valence electrons. The Bertz CT molecular complexity index is 1070. The minimum absolute atomic E-state index is 0.132. The van der Waals surface area contributed by atoms with Crippen LogP contribution in [-0.4, -0.2) is 48.4 Å². The van der Waals surface area contributed by atoms with Crippen molar-refractivity contribution in [1.29, 1.82) is 5.41 Å². The van der Waals surface area contributed by atoms with Crippen LogP contribution >= 0.6 is 0 Å². The summed E-state index contributed by atoms with van der Waals surface area (Å²) in [6.07, 6.45) is 3.51. The van der Waals surface area contributed by atoms with E-state index in [1.807, 2.05) is 0 Å². The van der Waals surface area contributed by atoms with Gasteiger partial charge in [0.1, 0.15) is 51.6 Å². The summed E-state index contributed by atoms with van der Waals surface area (Å²) < 4.78 is 32.9. The third-order valence-corrected chi connectivity index (χ3v) is 5.46. The molecule has 0 heterocycles. The van der Waals surface area contributed by atoms with E-state index >= 15 is 0 Å². The Kier molecular flexibility index (Phi) is 7.25. The van der Waals surface area contributed by atoms with Gasteiger partial charge >= 0.3 is 0 Å². The van der Waals surface area contributed by atoms with Crippen LogP contribution in [-0.2, 0) is 9.47 Å². The zero-order chi connectivity index (χ0) is 25.0. The van der Waals surface area contributed by atoms with Crippen molar-refractivity contribution in [3.8, 4) is 23.0 Å². The van der Waals surface area contributed by atoms with Crippen LogP contribution in [0.4, 0.5) is 11.4 Å². The summed E-state index contributed by atoms with van der Waals surface area (Å²) in [6.45, 7) is 0. The summed E-state index contributed by atoms with van der Waals surface area (Å²) in [4.78, 5) is 0. The van der Waals surface area contributed by atoms with Gasteiger partial charge < -0.3 is 39.9 Å². The van der Waals surface area contributed by atoms with Crippen molar-refractivity contribution in [2.75, 3.05) is 54.1 Å². The van der Waals surface area contributed by atoms with E-state index in [9.17, 15) is 0 Å². The van der Waals surface area contributed by atoms with Crippen LogP contribution in [0.3, 0.4) is 0 Å². The predicted octanol–water partition coefficient (Wildman–Crippen LogP) is 3.78. The highest BCUT2D eigenvalue weighted by molar-refractivity contribution is 6.10. The van der Waals surface area contributed by atoms with E-state index in [1.165, 1.54) is 42.7 Å². The average molecular weight is 468 g/mol. The minimum atomic E-state index is 0.132. The van der Waals surface area contributed by atoms with Gasteiger partial charge in [-0.15, -0.1) is 0 Å². The maximum Gasteiger partial charge on any atom is 0.148 e. The Morgan fingerprint density at radius 2 is 0.912 bits per heavy atom. The van der Waals surface area contributed by atoms with Crippen LogP contribution in [0.15, 0.2) is 53.5 Å². The molecule has 2 aromatic carbocycles. The lowest BCUT2D eigenvalue weighted by Crippen LogP contribution is -2.13. The normalized spacial score (nSPS) is 13.0. The molecule has 0 amide bonds. The molecule has 0 aromatic heterocycles. The zero-order valence-corrected chi connectivity index (χ0v) is 20.1. The van der Waals surface area contributed by atoms with Crippen molar-refractivity contribution >= 4 is 22.7 Å². The highest BCUT2D eigenvalue weighted by atomic mass is 16.5. The second-order valence-corrected chi connectivity index (χ2v) is 7.22. The molecular weight excluding hydrogens is 438 g/mol. The molecule has 0 spiro atoms. The number of rotatable bonds is 8. The summed E-state index contributed by atoms with van der Waals surface area (Å²) in [5.74, 6) is 2.45. The molecule has 0 aliphatic heterocycles. The Morgan fingerprint density at radius 3 is 1.18 bits per heavy atom. The highest BCUT2D eigenvalue weighted by Gasteiger charge is 2.24. The smallest absolute Gasteiger partial charge is 0.148 e. The molecule has 5 N–H and O–H groups in total. The lowest BCUT2D eigenvalue weighted by Gasteiger charge is -2.22. The van der Waals surface area contributed by atoms with E-state index in [0.29, 0.717) is 51.5 Å². The number of nitrogen functional groups attached to an aromatic ring is 2. The quantitative estimate of drug-likeness (QED) is 0.500. The Hall–Kier alpha value is -4.27. The summed E-state index contributed by atoms with van der Waals surface area (Å²) >= 11 is 0. The van der Waals surface area contributed by atoms with Crippen LogP contribution in [0.2, 0.25) is 0 Å². The predicted molar refractivity (Wildman–Crippen MR) is 132 cm³/mol. The lowest BCUT2D eigenvalue weighted by molar-refractivity contribution is 0.291. The Balaban J connectivity index is 2.47. The van der Waals surface area contributed by atoms with Crippen LogP contribution in [0.25, 0.3) is 5.57 Å². The second kappa shape index (κ2) is 10.1. The maximum absolute atomic E-state index is 8.33. The molecule has 9 nitrogen and oxygen atoms in total. The summed E-state index contributed by atoms with van der Waals surface area (Å²) in [6, 6.07) is 7.21. The third-order valence-electron chi connectivity index (χ3n) is 5.46. The van der Waals surface area contributed by atoms with Crippen LogP contribution in [0.1, 0.15) is 11.1 Å². The average Bonchev–Trinajstić information content (AvgIpc) is 2.86. The molecule has 1 aliphatic rings. The topological polar surface area (TPSA) is 131 Å². The number of hydrogen-bond acceptors (Lipinski definition) is 9. The van der Waals surface area contributed by atoms with Gasteiger partial charge in [0, 0.05) is 0 Å². The molecular formula is C25H29N3O6. The van der Waals surface area contributed by atoms with E-state index in [1.54, 1.807) is 36.4 Å². The molecule has 3 rings (SSSR count). The fourth-order valence-electron chi connectivity index (χ4n) is 3.72. The van der Waals surface area contributed by atoms with Gasteiger partial charge in [-0.2, -0.15) is 0 Å². The first-order valence-electron chi connectivity index (χ1n) is 10.2. The second-order valence-electron chi connectivity index (χ2n) is 7.22. The molecule has 1 aliphatic carbocycles. The number of benzene rings is 2. The van der Waals surface area contributed by atoms with Crippen molar-refractivity contribution in [3.63, 3.8) is 0 Å². The van der Waals surface area contributed by atoms with Crippen molar-refractivity contribution in [2.24, 2.45) is 0 Å².